The second kappa shape index (κ2) is 7.10. The molecule has 0 aromatic rings. The van der Waals surface area contributed by atoms with Crippen molar-refractivity contribution in [3.63, 3.8) is 0 Å². The van der Waals surface area contributed by atoms with Gasteiger partial charge < -0.3 is 15.5 Å². The summed E-state index contributed by atoms with van der Waals surface area (Å²) in [7, 11) is 0. The molecule has 2 unspecified atom stereocenters. The van der Waals surface area contributed by atoms with Gasteiger partial charge in [0.15, 0.2) is 0 Å². The van der Waals surface area contributed by atoms with Crippen molar-refractivity contribution < 1.29 is 15.0 Å². The zero-order valence-electron chi connectivity index (χ0n) is 11.6. The Bertz CT molecular complexity index is 260. The van der Waals surface area contributed by atoms with E-state index in [1.165, 1.54) is 0 Å². The van der Waals surface area contributed by atoms with Gasteiger partial charge in [0.2, 0.25) is 5.91 Å². The first-order valence-electron chi connectivity index (χ1n) is 7.08. The molecule has 1 fully saturated rings. The second-order valence-electron chi connectivity index (χ2n) is 5.96. The van der Waals surface area contributed by atoms with Gasteiger partial charge >= 0.3 is 0 Å². The molecular weight excluding hydrogens is 230 g/mol. The van der Waals surface area contributed by atoms with E-state index in [1.807, 2.05) is 6.92 Å². The van der Waals surface area contributed by atoms with Crippen molar-refractivity contribution in [2.24, 2.45) is 5.92 Å². The summed E-state index contributed by atoms with van der Waals surface area (Å²) in [5.74, 6) is 0.187. The normalized spacial score (nSPS) is 22.2. The number of carbonyl (C=O) groups excluding carboxylic acids is 1. The maximum absolute atomic E-state index is 11.8. The molecule has 1 aliphatic rings. The average molecular weight is 257 g/mol. The topological polar surface area (TPSA) is 69.6 Å². The van der Waals surface area contributed by atoms with Crippen LogP contribution in [0.4, 0.5) is 0 Å². The number of aliphatic hydroxyl groups excluding tert-OH is 1. The maximum Gasteiger partial charge on any atom is 0.222 e. The van der Waals surface area contributed by atoms with Gasteiger partial charge in [-0.2, -0.15) is 0 Å². The number of rotatable bonds is 6. The van der Waals surface area contributed by atoms with Crippen LogP contribution >= 0.6 is 0 Å². The van der Waals surface area contributed by atoms with Gasteiger partial charge in [0.1, 0.15) is 0 Å². The Kier molecular flexibility index (Phi) is 6.09. The highest BCUT2D eigenvalue weighted by molar-refractivity contribution is 5.77. The molecular formula is C14H27NO3. The van der Waals surface area contributed by atoms with Crippen LogP contribution in [0, 0.1) is 5.92 Å². The van der Waals surface area contributed by atoms with E-state index in [0.717, 1.165) is 32.1 Å². The predicted molar refractivity (Wildman–Crippen MR) is 71.1 cm³/mol. The largest absolute Gasteiger partial charge is 0.393 e. The lowest BCUT2D eigenvalue weighted by molar-refractivity contribution is -0.127. The highest BCUT2D eigenvalue weighted by Gasteiger charge is 2.31. The van der Waals surface area contributed by atoms with E-state index in [4.69, 9.17) is 0 Å². The van der Waals surface area contributed by atoms with Gasteiger partial charge in [0.05, 0.1) is 18.1 Å². The molecule has 0 aliphatic heterocycles. The Morgan fingerprint density at radius 2 is 1.89 bits per heavy atom. The molecule has 3 N–H and O–H groups in total. The van der Waals surface area contributed by atoms with Crippen LogP contribution in [-0.2, 0) is 4.79 Å². The molecule has 0 bridgehead atoms. The van der Waals surface area contributed by atoms with Gasteiger partial charge in [-0.3, -0.25) is 4.79 Å². The van der Waals surface area contributed by atoms with Gasteiger partial charge in [0.25, 0.3) is 0 Å². The van der Waals surface area contributed by atoms with Gasteiger partial charge in [-0.15, -0.1) is 0 Å². The summed E-state index contributed by atoms with van der Waals surface area (Å²) < 4.78 is 0. The summed E-state index contributed by atoms with van der Waals surface area (Å²) in [5.41, 5.74) is -0.782. The first-order chi connectivity index (χ1) is 8.41. The minimum absolute atomic E-state index is 0.0724. The Morgan fingerprint density at radius 1 is 1.28 bits per heavy atom. The van der Waals surface area contributed by atoms with Crippen LogP contribution in [0.25, 0.3) is 0 Å². The third-order valence-corrected chi connectivity index (χ3v) is 3.67. The van der Waals surface area contributed by atoms with Crippen LogP contribution in [0.2, 0.25) is 0 Å². The van der Waals surface area contributed by atoms with Crippen LogP contribution < -0.4 is 5.32 Å². The standard InChI is InChI=1S/C14H27NO3/c1-11(8-12(2)16)10-15-13(17)9-14(18)6-4-3-5-7-14/h11-12,16,18H,3-10H2,1-2H3,(H,15,17). The summed E-state index contributed by atoms with van der Waals surface area (Å²) in [4.78, 5) is 11.8. The van der Waals surface area contributed by atoms with E-state index < -0.39 is 5.60 Å². The Labute approximate surface area is 110 Å². The van der Waals surface area contributed by atoms with Crippen molar-refractivity contribution in [3.05, 3.63) is 0 Å². The highest BCUT2D eigenvalue weighted by atomic mass is 16.3. The van der Waals surface area contributed by atoms with Crippen molar-refractivity contribution in [1.29, 1.82) is 0 Å². The van der Waals surface area contributed by atoms with Crippen LogP contribution in [0.5, 0.6) is 0 Å². The van der Waals surface area contributed by atoms with E-state index >= 15 is 0 Å². The minimum Gasteiger partial charge on any atom is -0.393 e. The van der Waals surface area contributed by atoms with Crippen LogP contribution in [0.3, 0.4) is 0 Å². The Balaban J connectivity index is 2.24. The SMILES string of the molecule is CC(O)CC(C)CNC(=O)CC1(O)CCCCC1. The quantitative estimate of drug-likeness (QED) is 0.677. The lowest BCUT2D eigenvalue weighted by atomic mass is 9.82. The van der Waals surface area contributed by atoms with Gasteiger partial charge in [0, 0.05) is 6.54 Å². The number of carbonyl (C=O) groups is 1. The molecule has 0 spiro atoms. The van der Waals surface area contributed by atoms with E-state index in [9.17, 15) is 15.0 Å². The first-order valence-corrected chi connectivity index (χ1v) is 7.08. The number of aliphatic hydroxyl groups is 2. The number of nitrogens with one attached hydrogen (secondary N) is 1. The average Bonchev–Trinajstić information content (AvgIpc) is 2.26. The molecule has 1 saturated carbocycles. The van der Waals surface area contributed by atoms with Crippen LogP contribution in [-0.4, -0.2) is 34.4 Å². The maximum atomic E-state index is 11.8. The van der Waals surface area contributed by atoms with Crippen molar-refractivity contribution >= 4 is 5.91 Å². The third-order valence-electron chi connectivity index (χ3n) is 3.67. The van der Waals surface area contributed by atoms with Crippen molar-refractivity contribution in [1.82, 2.24) is 5.32 Å². The summed E-state index contributed by atoms with van der Waals surface area (Å²) in [6.45, 7) is 4.32. The van der Waals surface area contributed by atoms with Crippen molar-refractivity contribution in [2.45, 2.75) is 70.5 Å². The smallest absolute Gasteiger partial charge is 0.222 e. The van der Waals surface area contributed by atoms with E-state index in [0.29, 0.717) is 13.0 Å². The number of amides is 1. The van der Waals surface area contributed by atoms with Crippen molar-refractivity contribution in [2.75, 3.05) is 6.54 Å². The zero-order valence-corrected chi connectivity index (χ0v) is 11.6. The fourth-order valence-corrected chi connectivity index (χ4v) is 2.70. The molecule has 4 nitrogen and oxygen atoms in total. The van der Waals surface area contributed by atoms with Crippen LogP contribution in [0.15, 0.2) is 0 Å². The van der Waals surface area contributed by atoms with Gasteiger partial charge in [-0.25, -0.2) is 0 Å². The summed E-state index contributed by atoms with van der Waals surface area (Å²) in [6, 6.07) is 0. The summed E-state index contributed by atoms with van der Waals surface area (Å²) >= 11 is 0. The molecule has 1 rings (SSSR count). The predicted octanol–water partition coefficient (Wildman–Crippen LogP) is 1.59. The lowest BCUT2D eigenvalue weighted by Gasteiger charge is -2.31. The van der Waals surface area contributed by atoms with Gasteiger partial charge in [-0.1, -0.05) is 26.2 Å². The molecule has 1 amide bonds. The van der Waals surface area contributed by atoms with Crippen molar-refractivity contribution in [3.8, 4) is 0 Å². The number of hydrogen-bond donors (Lipinski definition) is 3. The molecule has 106 valence electrons. The zero-order chi connectivity index (χ0) is 13.6. The molecule has 0 radical (unpaired) electrons. The molecule has 0 heterocycles. The van der Waals surface area contributed by atoms with E-state index in [1.54, 1.807) is 6.92 Å². The Hall–Kier alpha value is -0.610. The molecule has 4 heteroatoms. The van der Waals surface area contributed by atoms with E-state index in [2.05, 4.69) is 5.32 Å². The fourth-order valence-electron chi connectivity index (χ4n) is 2.70. The second-order valence-corrected chi connectivity index (χ2v) is 5.96. The summed E-state index contributed by atoms with van der Waals surface area (Å²) in [6.07, 6.45) is 5.24. The summed E-state index contributed by atoms with van der Waals surface area (Å²) in [5, 5.41) is 22.3. The van der Waals surface area contributed by atoms with E-state index in [-0.39, 0.29) is 24.3 Å². The molecule has 1 aliphatic carbocycles. The molecule has 18 heavy (non-hydrogen) atoms. The lowest BCUT2D eigenvalue weighted by Crippen LogP contribution is -2.39. The van der Waals surface area contributed by atoms with Gasteiger partial charge in [-0.05, 0) is 32.1 Å². The van der Waals surface area contributed by atoms with Crippen LogP contribution in [0.1, 0.15) is 58.8 Å². The monoisotopic (exact) mass is 257 g/mol. The molecule has 0 saturated heterocycles. The molecule has 0 aromatic carbocycles. The number of hydrogen-bond acceptors (Lipinski definition) is 3. The molecule has 0 aromatic heterocycles. The highest BCUT2D eigenvalue weighted by Crippen LogP contribution is 2.30. The first kappa shape index (κ1) is 15.4. The Morgan fingerprint density at radius 3 is 2.44 bits per heavy atom. The minimum atomic E-state index is -0.782. The fraction of sp³-hybridized carbons (Fsp3) is 0.929. The molecule has 2 atom stereocenters. The third kappa shape index (κ3) is 5.83.